The van der Waals surface area contributed by atoms with Crippen LogP contribution in [0.4, 0.5) is 17.1 Å². The van der Waals surface area contributed by atoms with Crippen LogP contribution in [0.3, 0.4) is 0 Å². The highest BCUT2D eigenvalue weighted by Gasteiger charge is 2.17. The van der Waals surface area contributed by atoms with Crippen LogP contribution in [0.1, 0.15) is 11.1 Å². The summed E-state index contributed by atoms with van der Waals surface area (Å²) in [7, 11) is 2.47. The van der Waals surface area contributed by atoms with Crippen molar-refractivity contribution in [3.05, 3.63) is 82.5 Å². The topological polar surface area (TPSA) is 58.5 Å². The molecule has 0 spiro atoms. The molecule has 0 fully saturated rings. The smallest absolute Gasteiger partial charge is 0.0559 e. The van der Waals surface area contributed by atoms with Crippen molar-refractivity contribution in [3.63, 3.8) is 0 Å². The van der Waals surface area contributed by atoms with Crippen molar-refractivity contribution < 1.29 is 0 Å². The van der Waals surface area contributed by atoms with E-state index in [0.29, 0.717) is 12.2 Å². The Hall–Kier alpha value is -2.07. The van der Waals surface area contributed by atoms with Gasteiger partial charge in [0.25, 0.3) is 0 Å². The van der Waals surface area contributed by atoms with Crippen molar-refractivity contribution in [2.24, 2.45) is 11.6 Å². The zero-order valence-corrected chi connectivity index (χ0v) is 17.4. The summed E-state index contributed by atoms with van der Waals surface area (Å²) in [6, 6.07) is 12.4. The van der Waals surface area contributed by atoms with Gasteiger partial charge in [-0.2, -0.15) is 0 Å². The normalized spacial score (nSPS) is 17.5. The molecule has 0 aliphatic carbocycles. The second-order valence-electron chi connectivity index (χ2n) is 6.22. The molecule has 1 unspecified atom stereocenters. The van der Waals surface area contributed by atoms with Crippen LogP contribution in [0, 0.1) is 6.92 Å². The number of nitrogens with two attached hydrogens (primary N) is 2. The standard InChI is InChI=1S/C20H22BrN4P/c1-13-10-15(22)4-3-9-24(16-5-7-19(21)14(2)11-16)20-8-6-17(25(23)26)12-18(13)20/h3-8,10-12H,1,9,22-23,26H2,2H3/b4-3-,15-10+. The number of hydrogen-bond acceptors (Lipinski definition) is 4. The van der Waals surface area contributed by atoms with E-state index in [4.69, 9.17) is 11.6 Å². The van der Waals surface area contributed by atoms with Gasteiger partial charge in [-0.15, -0.1) is 0 Å². The van der Waals surface area contributed by atoms with E-state index in [1.54, 1.807) is 0 Å². The Balaban J connectivity index is 2.20. The first-order valence-electron chi connectivity index (χ1n) is 8.17. The number of aryl methyl sites for hydroxylation is 1. The van der Waals surface area contributed by atoms with Crippen molar-refractivity contribution in [1.29, 1.82) is 0 Å². The average molecular weight is 429 g/mol. The lowest BCUT2D eigenvalue weighted by Crippen LogP contribution is -2.20. The van der Waals surface area contributed by atoms with Gasteiger partial charge in [-0.3, -0.25) is 4.78 Å². The van der Waals surface area contributed by atoms with E-state index >= 15 is 0 Å². The van der Waals surface area contributed by atoms with Crippen LogP contribution in [-0.4, -0.2) is 6.54 Å². The van der Waals surface area contributed by atoms with E-state index in [1.807, 2.05) is 24.3 Å². The summed E-state index contributed by atoms with van der Waals surface area (Å²) in [5.41, 5.74) is 12.8. The Kier molecular flexibility index (Phi) is 5.52. The molecule has 6 heteroatoms. The summed E-state index contributed by atoms with van der Waals surface area (Å²) >= 11 is 3.58. The molecule has 1 heterocycles. The van der Waals surface area contributed by atoms with Crippen molar-refractivity contribution >= 4 is 48.0 Å². The first kappa shape index (κ1) is 18.7. The molecule has 2 aromatic rings. The van der Waals surface area contributed by atoms with Gasteiger partial charge in [0.05, 0.1) is 5.69 Å². The van der Waals surface area contributed by atoms with Gasteiger partial charge in [0.2, 0.25) is 0 Å². The van der Waals surface area contributed by atoms with Crippen LogP contribution in [0.2, 0.25) is 0 Å². The lowest BCUT2D eigenvalue weighted by Gasteiger charge is -2.28. The SMILES string of the molecule is C=C1/C=C(N)\C=C/CN(c2ccc(Br)c(C)c2)c2ccc(N(N)P)cc21. The molecule has 26 heavy (non-hydrogen) atoms. The maximum Gasteiger partial charge on any atom is 0.0559 e. The fraction of sp³-hybridized carbons (Fsp3) is 0.100. The van der Waals surface area contributed by atoms with Gasteiger partial charge in [-0.25, -0.2) is 5.84 Å². The Labute approximate surface area is 165 Å². The van der Waals surface area contributed by atoms with Crippen molar-refractivity contribution in [2.75, 3.05) is 16.2 Å². The van der Waals surface area contributed by atoms with Crippen LogP contribution in [0.15, 0.2) is 71.4 Å². The summed E-state index contributed by atoms with van der Waals surface area (Å²) < 4.78 is 2.60. The maximum absolute atomic E-state index is 6.10. The van der Waals surface area contributed by atoms with Gasteiger partial charge in [0.1, 0.15) is 0 Å². The van der Waals surface area contributed by atoms with E-state index < -0.39 is 0 Å². The molecule has 1 atom stereocenters. The molecule has 0 bridgehead atoms. The summed E-state index contributed by atoms with van der Waals surface area (Å²) in [6.07, 6.45) is 5.87. The third-order valence-electron chi connectivity index (χ3n) is 4.31. The van der Waals surface area contributed by atoms with Crippen LogP contribution < -0.4 is 21.3 Å². The summed E-state index contributed by atoms with van der Waals surface area (Å²) in [5.74, 6) is 5.90. The van der Waals surface area contributed by atoms with Gasteiger partial charge < -0.3 is 10.6 Å². The summed E-state index contributed by atoms with van der Waals surface area (Å²) in [4.78, 5) is 2.25. The van der Waals surface area contributed by atoms with Crippen LogP contribution >= 0.6 is 25.3 Å². The molecule has 0 radical (unpaired) electrons. The Bertz CT molecular complexity index is 918. The molecule has 1 aliphatic heterocycles. The number of benzene rings is 2. The van der Waals surface area contributed by atoms with E-state index in [2.05, 4.69) is 74.1 Å². The molecular formula is C20H22BrN4P. The maximum atomic E-state index is 6.10. The number of nitrogens with zero attached hydrogens (tertiary/aromatic N) is 2. The molecule has 4 nitrogen and oxygen atoms in total. The number of rotatable bonds is 2. The van der Waals surface area contributed by atoms with Crippen molar-refractivity contribution in [1.82, 2.24) is 0 Å². The van der Waals surface area contributed by atoms with Gasteiger partial charge >= 0.3 is 0 Å². The number of hydrazine groups is 1. The Morgan fingerprint density at radius 1 is 1.23 bits per heavy atom. The molecule has 0 saturated carbocycles. The first-order chi connectivity index (χ1) is 12.4. The minimum absolute atomic E-state index is 0.677. The molecule has 0 amide bonds. The molecule has 3 rings (SSSR count). The number of fused-ring (bicyclic) bond motifs is 1. The van der Waals surface area contributed by atoms with Crippen molar-refractivity contribution in [3.8, 4) is 0 Å². The highest BCUT2D eigenvalue weighted by Crippen LogP contribution is 2.37. The first-order valence-corrected chi connectivity index (χ1v) is 9.48. The molecule has 4 N–H and O–H groups in total. The fourth-order valence-electron chi connectivity index (χ4n) is 2.94. The monoisotopic (exact) mass is 428 g/mol. The third kappa shape index (κ3) is 3.85. The highest BCUT2D eigenvalue weighted by molar-refractivity contribution is 9.10. The number of allylic oxidation sites excluding steroid dienone is 3. The lowest BCUT2D eigenvalue weighted by atomic mass is 10.0. The molecule has 0 aromatic heterocycles. The van der Waals surface area contributed by atoms with E-state index in [9.17, 15) is 0 Å². The van der Waals surface area contributed by atoms with E-state index in [-0.39, 0.29) is 0 Å². The van der Waals surface area contributed by atoms with Gasteiger partial charge in [-0.05, 0) is 76.0 Å². The minimum Gasteiger partial charge on any atom is -0.399 e. The number of hydrogen-bond donors (Lipinski definition) is 2. The zero-order chi connectivity index (χ0) is 18.8. The molecule has 2 aromatic carbocycles. The van der Waals surface area contributed by atoms with Crippen LogP contribution in [0.5, 0.6) is 0 Å². The van der Waals surface area contributed by atoms with E-state index in [0.717, 1.165) is 32.7 Å². The second-order valence-corrected chi connectivity index (χ2v) is 7.64. The van der Waals surface area contributed by atoms with Gasteiger partial charge in [-0.1, -0.05) is 28.6 Å². The average Bonchev–Trinajstić information content (AvgIpc) is 2.65. The van der Waals surface area contributed by atoms with E-state index in [1.165, 1.54) is 10.3 Å². The molecule has 1 aliphatic rings. The Morgan fingerprint density at radius 3 is 2.69 bits per heavy atom. The third-order valence-corrected chi connectivity index (χ3v) is 5.50. The quantitative estimate of drug-likeness (QED) is 0.410. The fourth-order valence-corrected chi connectivity index (χ4v) is 3.35. The highest BCUT2D eigenvalue weighted by atomic mass is 79.9. The summed E-state index contributed by atoms with van der Waals surface area (Å²) in [6.45, 7) is 7.00. The molecule has 0 saturated heterocycles. The predicted octanol–water partition coefficient (Wildman–Crippen LogP) is 4.79. The largest absolute Gasteiger partial charge is 0.399 e. The summed E-state index contributed by atoms with van der Waals surface area (Å²) in [5, 5.41) is 0. The zero-order valence-electron chi connectivity index (χ0n) is 14.6. The number of halogens is 1. The minimum atomic E-state index is 0.677. The van der Waals surface area contributed by atoms with Crippen LogP contribution in [0.25, 0.3) is 5.57 Å². The van der Waals surface area contributed by atoms with Gasteiger partial charge in [0, 0.05) is 33.7 Å². The molecular weight excluding hydrogens is 407 g/mol. The predicted molar refractivity (Wildman–Crippen MR) is 119 cm³/mol. The Morgan fingerprint density at radius 2 is 2.00 bits per heavy atom. The van der Waals surface area contributed by atoms with Gasteiger partial charge in [0.15, 0.2) is 0 Å². The lowest BCUT2D eigenvalue weighted by molar-refractivity contribution is 1.08. The van der Waals surface area contributed by atoms with Crippen LogP contribution in [-0.2, 0) is 0 Å². The van der Waals surface area contributed by atoms with Crippen molar-refractivity contribution in [2.45, 2.75) is 6.92 Å². The number of anilines is 3. The second kappa shape index (κ2) is 7.67. The molecule has 134 valence electrons.